The highest BCUT2D eigenvalue weighted by Crippen LogP contribution is 2.15. The van der Waals surface area contributed by atoms with Crippen LogP contribution in [0.2, 0.25) is 0 Å². The van der Waals surface area contributed by atoms with Crippen molar-refractivity contribution in [3.63, 3.8) is 0 Å². The second-order valence-corrected chi connectivity index (χ2v) is 3.25. The molecule has 5 heteroatoms. The number of nitrogens with zero attached hydrogens (tertiary/aromatic N) is 3. The summed E-state index contributed by atoms with van der Waals surface area (Å²) in [6.45, 7) is 1.91. The minimum atomic E-state index is 0.755. The summed E-state index contributed by atoms with van der Waals surface area (Å²) in [6, 6.07) is 0. The van der Waals surface area contributed by atoms with Crippen LogP contribution in [-0.2, 0) is 0 Å². The summed E-state index contributed by atoms with van der Waals surface area (Å²) in [7, 11) is 0. The average Bonchev–Trinajstić information content (AvgIpc) is 2.47. The molecule has 12 heavy (non-hydrogen) atoms. The summed E-state index contributed by atoms with van der Waals surface area (Å²) >= 11 is 1.58. The van der Waals surface area contributed by atoms with E-state index in [1.54, 1.807) is 18.0 Å². The van der Waals surface area contributed by atoms with E-state index in [1.165, 1.54) is 0 Å². The molecule has 0 atom stereocenters. The van der Waals surface area contributed by atoms with Gasteiger partial charge in [0.15, 0.2) is 5.65 Å². The average molecular weight is 180 g/mol. The highest BCUT2D eigenvalue weighted by atomic mass is 32.2. The van der Waals surface area contributed by atoms with Crippen molar-refractivity contribution in [3.05, 3.63) is 11.9 Å². The normalized spacial score (nSPS) is 10.8. The fourth-order valence-electron chi connectivity index (χ4n) is 0.995. The van der Waals surface area contributed by atoms with Crippen molar-refractivity contribution in [1.29, 1.82) is 0 Å². The molecule has 0 spiro atoms. The molecule has 0 aliphatic heterocycles. The van der Waals surface area contributed by atoms with Gasteiger partial charge in [-0.15, -0.1) is 11.8 Å². The van der Waals surface area contributed by atoms with Crippen molar-refractivity contribution in [2.45, 2.75) is 11.9 Å². The van der Waals surface area contributed by atoms with Crippen LogP contribution < -0.4 is 0 Å². The van der Waals surface area contributed by atoms with Crippen LogP contribution in [0.25, 0.3) is 11.2 Å². The number of thioether (sulfide) groups is 1. The van der Waals surface area contributed by atoms with Crippen LogP contribution in [-0.4, -0.2) is 26.4 Å². The summed E-state index contributed by atoms with van der Waals surface area (Å²) in [5.74, 6) is 0. The largest absolute Gasteiger partial charge is 0.259 e. The first kappa shape index (κ1) is 7.54. The minimum absolute atomic E-state index is 0.755. The number of hydrogen-bond donors (Lipinski definition) is 1. The number of H-pyrrole nitrogens is 1. The molecule has 0 radical (unpaired) electrons. The van der Waals surface area contributed by atoms with Crippen LogP contribution >= 0.6 is 11.8 Å². The van der Waals surface area contributed by atoms with Crippen molar-refractivity contribution >= 4 is 22.9 Å². The van der Waals surface area contributed by atoms with Crippen LogP contribution in [0.15, 0.2) is 11.2 Å². The predicted octanol–water partition coefficient (Wildman–Crippen LogP) is 1.38. The van der Waals surface area contributed by atoms with E-state index in [1.807, 2.05) is 13.2 Å². The van der Waals surface area contributed by atoms with Gasteiger partial charge in [-0.05, 0) is 13.2 Å². The predicted molar refractivity (Wildman–Crippen MR) is 48.2 cm³/mol. The van der Waals surface area contributed by atoms with Gasteiger partial charge in [-0.2, -0.15) is 5.10 Å². The van der Waals surface area contributed by atoms with Gasteiger partial charge in [0.1, 0.15) is 10.5 Å². The second-order valence-electron chi connectivity index (χ2n) is 2.42. The van der Waals surface area contributed by atoms with Gasteiger partial charge in [0.25, 0.3) is 0 Å². The van der Waals surface area contributed by atoms with Gasteiger partial charge in [-0.1, -0.05) is 0 Å². The van der Waals surface area contributed by atoms with E-state index in [4.69, 9.17) is 0 Å². The molecule has 4 nitrogen and oxygen atoms in total. The molecule has 0 unspecified atom stereocenters. The quantitative estimate of drug-likeness (QED) is 0.674. The summed E-state index contributed by atoms with van der Waals surface area (Å²) < 4.78 is 0. The summed E-state index contributed by atoms with van der Waals surface area (Å²) in [6.07, 6.45) is 3.72. The lowest BCUT2D eigenvalue weighted by Crippen LogP contribution is -1.84. The zero-order valence-electron chi connectivity index (χ0n) is 6.83. The Kier molecular flexibility index (Phi) is 1.73. The molecule has 0 saturated carbocycles. The molecule has 0 fully saturated rings. The molecule has 0 saturated heterocycles. The lowest BCUT2D eigenvalue weighted by atomic mass is 10.4. The van der Waals surface area contributed by atoms with E-state index in [2.05, 4.69) is 20.2 Å². The Bertz CT molecular complexity index is 409. The molecule has 0 aliphatic rings. The van der Waals surface area contributed by atoms with E-state index >= 15 is 0 Å². The van der Waals surface area contributed by atoms with Crippen LogP contribution in [0.1, 0.15) is 5.69 Å². The fraction of sp³-hybridized carbons (Fsp3) is 0.286. The number of hydrogen-bond acceptors (Lipinski definition) is 4. The van der Waals surface area contributed by atoms with Crippen LogP contribution in [0.3, 0.4) is 0 Å². The Morgan fingerprint density at radius 2 is 2.33 bits per heavy atom. The minimum Gasteiger partial charge on any atom is -0.259 e. The zero-order valence-corrected chi connectivity index (χ0v) is 7.64. The molecule has 0 amide bonds. The van der Waals surface area contributed by atoms with Gasteiger partial charge in [0, 0.05) is 0 Å². The van der Waals surface area contributed by atoms with Gasteiger partial charge in [-0.3, -0.25) is 5.10 Å². The summed E-state index contributed by atoms with van der Waals surface area (Å²) in [4.78, 5) is 8.53. The molecule has 0 aromatic carbocycles. The van der Waals surface area contributed by atoms with Gasteiger partial charge in [-0.25, -0.2) is 9.97 Å². The highest BCUT2D eigenvalue weighted by Gasteiger charge is 2.03. The lowest BCUT2D eigenvalue weighted by molar-refractivity contribution is 1.05. The molecule has 62 valence electrons. The highest BCUT2D eigenvalue weighted by molar-refractivity contribution is 7.98. The standard InChI is InChI=1S/C7H8N4S/c1-4-6-7(11-10-4)8-3-5(9-6)12-2/h3H,1-2H3,(H,8,10,11). The number of fused-ring (bicyclic) bond motifs is 1. The number of rotatable bonds is 1. The van der Waals surface area contributed by atoms with E-state index in [0.717, 1.165) is 21.9 Å². The van der Waals surface area contributed by atoms with Crippen LogP contribution in [0, 0.1) is 6.92 Å². The van der Waals surface area contributed by atoms with E-state index in [9.17, 15) is 0 Å². The maximum atomic E-state index is 4.36. The molecule has 2 aromatic heterocycles. The topological polar surface area (TPSA) is 54.5 Å². The monoisotopic (exact) mass is 180 g/mol. The molecule has 2 aromatic rings. The Morgan fingerprint density at radius 1 is 1.50 bits per heavy atom. The number of aromatic amines is 1. The molecule has 2 rings (SSSR count). The lowest BCUT2D eigenvalue weighted by Gasteiger charge is -1.93. The Balaban J connectivity index is 2.71. The van der Waals surface area contributed by atoms with Gasteiger partial charge < -0.3 is 0 Å². The Labute approximate surface area is 73.8 Å². The van der Waals surface area contributed by atoms with E-state index < -0.39 is 0 Å². The Hall–Kier alpha value is -1.10. The SMILES string of the molecule is CSc1cnc2[nH]nc(C)c2n1. The van der Waals surface area contributed by atoms with E-state index in [-0.39, 0.29) is 0 Å². The smallest absolute Gasteiger partial charge is 0.174 e. The fourth-order valence-corrected chi connectivity index (χ4v) is 1.34. The summed E-state index contributed by atoms with van der Waals surface area (Å²) in [5.41, 5.74) is 2.51. The van der Waals surface area contributed by atoms with Gasteiger partial charge >= 0.3 is 0 Å². The maximum Gasteiger partial charge on any atom is 0.174 e. The maximum absolute atomic E-state index is 4.36. The van der Waals surface area contributed by atoms with Crippen molar-refractivity contribution in [2.24, 2.45) is 0 Å². The first-order valence-electron chi connectivity index (χ1n) is 3.53. The molecule has 0 bridgehead atoms. The van der Waals surface area contributed by atoms with Gasteiger partial charge in [0.2, 0.25) is 0 Å². The zero-order chi connectivity index (χ0) is 8.55. The number of aromatic nitrogens is 4. The molecule has 0 aliphatic carbocycles. The molecule has 1 N–H and O–H groups in total. The first-order chi connectivity index (χ1) is 5.81. The van der Waals surface area contributed by atoms with Crippen molar-refractivity contribution in [1.82, 2.24) is 20.2 Å². The second kappa shape index (κ2) is 2.75. The third-order valence-corrected chi connectivity index (χ3v) is 2.25. The Morgan fingerprint density at radius 3 is 3.08 bits per heavy atom. The van der Waals surface area contributed by atoms with E-state index in [0.29, 0.717) is 0 Å². The van der Waals surface area contributed by atoms with Crippen molar-refractivity contribution < 1.29 is 0 Å². The van der Waals surface area contributed by atoms with Crippen LogP contribution in [0.5, 0.6) is 0 Å². The molecule has 2 heterocycles. The molecular weight excluding hydrogens is 172 g/mol. The van der Waals surface area contributed by atoms with Crippen LogP contribution in [0.4, 0.5) is 0 Å². The third kappa shape index (κ3) is 1.06. The van der Waals surface area contributed by atoms with Crippen molar-refractivity contribution in [3.8, 4) is 0 Å². The summed E-state index contributed by atoms with van der Waals surface area (Å²) in [5, 5.41) is 7.74. The number of nitrogens with one attached hydrogen (secondary N) is 1. The third-order valence-electron chi connectivity index (χ3n) is 1.63. The van der Waals surface area contributed by atoms with Crippen molar-refractivity contribution in [2.75, 3.05) is 6.26 Å². The first-order valence-corrected chi connectivity index (χ1v) is 4.75. The molecular formula is C7H8N4S. The number of aryl methyl sites for hydroxylation is 1. The van der Waals surface area contributed by atoms with Gasteiger partial charge in [0.05, 0.1) is 11.9 Å².